The molecule has 0 aliphatic carbocycles. The monoisotopic (exact) mass is 383 g/mol. The number of amides is 1. The Balaban J connectivity index is 1.85. The molecular weight excluding hydrogens is 365 g/mol. The first-order valence-corrected chi connectivity index (χ1v) is 8.68. The van der Waals surface area contributed by atoms with E-state index < -0.39 is 23.8 Å². The number of nitrogens with zero attached hydrogens (tertiary/aromatic N) is 2. The predicted molar refractivity (Wildman–Crippen MR) is 102 cm³/mol. The van der Waals surface area contributed by atoms with E-state index in [9.17, 15) is 18.8 Å². The second-order valence-electron chi connectivity index (χ2n) is 6.03. The van der Waals surface area contributed by atoms with E-state index in [4.69, 9.17) is 4.74 Å². The minimum absolute atomic E-state index is 0.0153. The lowest BCUT2D eigenvalue weighted by atomic mass is 10.1. The number of nitrogens with one attached hydrogen (secondary N) is 1. The van der Waals surface area contributed by atoms with Crippen LogP contribution in [0.2, 0.25) is 0 Å². The Morgan fingerprint density at radius 1 is 1.14 bits per heavy atom. The van der Waals surface area contributed by atoms with E-state index >= 15 is 0 Å². The number of para-hydroxylation sites is 1. The fourth-order valence-corrected chi connectivity index (χ4v) is 2.67. The van der Waals surface area contributed by atoms with Gasteiger partial charge in [0.15, 0.2) is 11.8 Å². The van der Waals surface area contributed by atoms with Crippen LogP contribution in [0.15, 0.2) is 53.3 Å². The number of benzene rings is 2. The average Bonchev–Trinajstić information content (AvgIpc) is 2.70. The van der Waals surface area contributed by atoms with Crippen molar-refractivity contribution in [1.29, 1.82) is 0 Å². The van der Waals surface area contributed by atoms with Crippen molar-refractivity contribution in [2.75, 3.05) is 5.32 Å². The lowest BCUT2D eigenvalue weighted by Crippen LogP contribution is -2.32. The van der Waals surface area contributed by atoms with Crippen molar-refractivity contribution in [3.05, 3.63) is 70.4 Å². The number of carbonyl (C=O) groups excluding carboxylic acids is 2. The summed E-state index contributed by atoms with van der Waals surface area (Å²) in [6.07, 6.45) is -1.20. The molecule has 0 radical (unpaired) electrons. The fourth-order valence-electron chi connectivity index (χ4n) is 2.67. The van der Waals surface area contributed by atoms with Gasteiger partial charge >= 0.3 is 5.97 Å². The van der Waals surface area contributed by atoms with Crippen LogP contribution in [-0.4, -0.2) is 27.8 Å². The maximum absolute atomic E-state index is 13.7. The molecule has 0 bridgehead atoms. The molecule has 3 rings (SSSR count). The van der Waals surface area contributed by atoms with Crippen LogP contribution in [0.4, 0.5) is 10.1 Å². The molecule has 1 atom stereocenters. The smallest absolute Gasteiger partial charge is 0.360 e. The number of anilines is 1. The van der Waals surface area contributed by atoms with Gasteiger partial charge in [-0.2, -0.15) is 5.10 Å². The fraction of sp³-hybridized carbons (Fsp3) is 0.200. The van der Waals surface area contributed by atoms with E-state index in [1.54, 1.807) is 37.3 Å². The van der Waals surface area contributed by atoms with E-state index in [1.807, 2.05) is 0 Å². The summed E-state index contributed by atoms with van der Waals surface area (Å²) in [5.41, 5.74) is -0.402. The van der Waals surface area contributed by atoms with Crippen molar-refractivity contribution >= 4 is 28.3 Å². The van der Waals surface area contributed by atoms with Crippen LogP contribution in [0, 0.1) is 5.82 Å². The Hall–Kier alpha value is -3.55. The zero-order valence-electron chi connectivity index (χ0n) is 15.3. The highest BCUT2D eigenvalue weighted by atomic mass is 19.1. The molecule has 1 N–H and O–H groups in total. The lowest BCUT2D eigenvalue weighted by molar-refractivity contribution is -0.123. The zero-order valence-corrected chi connectivity index (χ0v) is 15.3. The quantitative estimate of drug-likeness (QED) is 0.684. The largest absolute Gasteiger partial charge is 0.448 e. The Morgan fingerprint density at radius 3 is 2.46 bits per heavy atom. The minimum atomic E-state index is -1.20. The Bertz CT molecular complexity index is 1110. The topological polar surface area (TPSA) is 90.3 Å². The minimum Gasteiger partial charge on any atom is -0.448 e. The van der Waals surface area contributed by atoms with Crippen LogP contribution >= 0.6 is 0 Å². The highest BCUT2D eigenvalue weighted by molar-refractivity contribution is 6.03. The molecule has 1 aromatic heterocycles. The second-order valence-corrected chi connectivity index (χ2v) is 6.03. The average molecular weight is 383 g/mol. The molecule has 7 nitrogen and oxygen atoms in total. The van der Waals surface area contributed by atoms with Crippen molar-refractivity contribution in [1.82, 2.24) is 9.78 Å². The number of esters is 1. The molecule has 2 aromatic carbocycles. The summed E-state index contributed by atoms with van der Waals surface area (Å²) in [5, 5.41) is 7.10. The van der Waals surface area contributed by atoms with Crippen LogP contribution in [0.3, 0.4) is 0 Å². The van der Waals surface area contributed by atoms with Gasteiger partial charge in [0.05, 0.1) is 11.1 Å². The lowest BCUT2D eigenvalue weighted by Gasteiger charge is -2.15. The number of rotatable bonds is 5. The predicted octanol–water partition coefficient (Wildman–Crippen LogP) is 2.74. The van der Waals surface area contributed by atoms with Crippen LogP contribution in [-0.2, 0) is 16.1 Å². The van der Waals surface area contributed by atoms with Gasteiger partial charge in [-0.25, -0.2) is 13.9 Å². The Labute approximate surface area is 159 Å². The van der Waals surface area contributed by atoms with Crippen molar-refractivity contribution in [2.24, 2.45) is 0 Å². The SMILES string of the molecule is CCn1nc(C(=O)OC(C)C(=O)Nc2ccccc2F)c2ccccc2c1=O. The number of fused-ring (bicyclic) bond motifs is 1. The molecule has 144 valence electrons. The van der Waals surface area contributed by atoms with Crippen molar-refractivity contribution < 1.29 is 18.7 Å². The Morgan fingerprint density at radius 2 is 1.79 bits per heavy atom. The summed E-state index contributed by atoms with van der Waals surface area (Å²) in [7, 11) is 0. The van der Waals surface area contributed by atoms with Gasteiger partial charge in [0, 0.05) is 11.9 Å². The number of aromatic nitrogens is 2. The molecule has 28 heavy (non-hydrogen) atoms. The van der Waals surface area contributed by atoms with Crippen molar-refractivity contribution in [3.63, 3.8) is 0 Å². The molecule has 1 unspecified atom stereocenters. The number of halogens is 1. The summed E-state index contributed by atoms with van der Waals surface area (Å²) in [6.45, 7) is 3.36. The highest BCUT2D eigenvalue weighted by Crippen LogP contribution is 2.16. The van der Waals surface area contributed by atoms with Gasteiger partial charge in [-0.05, 0) is 32.0 Å². The summed E-state index contributed by atoms with van der Waals surface area (Å²) in [6, 6.07) is 12.2. The molecule has 0 spiro atoms. The molecule has 0 aliphatic heterocycles. The first kappa shape index (κ1) is 19.2. The van der Waals surface area contributed by atoms with E-state index in [0.29, 0.717) is 10.8 Å². The van der Waals surface area contributed by atoms with E-state index in [2.05, 4.69) is 10.4 Å². The van der Waals surface area contributed by atoms with Gasteiger partial charge in [-0.1, -0.05) is 30.3 Å². The first-order valence-electron chi connectivity index (χ1n) is 8.68. The van der Waals surface area contributed by atoms with Gasteiger partial charge in [-0.3, -0.25) is 9.59 Å². The Kier molecular flexibility index (Phi) is 5.49. The van der Waals surface area contributed by atoms with Crippen molar-refractivity contribution in [2.45, 2.75) is 26.5 Å². The maximum atomic E-state index is 13.7. The summed E-state index contributed by atoms with van der Waals surface area (Å²) >= 11 is 0. The van der Waals surface area contributed by atoms with Gasteiger partial charge in [0.25, 0.3) is 11.5 Å². The molecular formula is C20H18FN3O4. The summed E-state index contributed by atoms with van der Waals surface area (Å²) in [4.78, 5) is 37.2. The van der Waals surface area contributed by atoms with Crippen LogP contribution in [0.25, 0.3) is 10.8 Å². The van der Waals surface area contributed by atoms with E-state index in [-0.39, 0.29) is 23.5 Å². The highest BCUT2D eigenvalue weighted by Gasteiger charge is 2.23. The zero-order chi connectivity index (χ0) is 20.3. The van der Waals surface area contributed by atoms with Crippen LogP contribution in [0.1, 0.15) is 24.3 Å². The molecule has 0 saturated carbocycles. The molecule has 0 aliphatic rings. The number of hydrogen-bond acceptors (Lipinski definition) is 5. The van der Waals surface area contributed by atoms with Gasteiger partial charge in [-0.15, -0.1) is 0 Å². The van der Waals surface area contributed by atoms with Crippen LogP contribution < -0.4 is 10.9 Å². The normalized spacial score (nSPS) is 11.8. The number of ether oxygens (including phenoxy) is 1. The number of hydrogen-bond donors (Lipinski definition) is 1. The third-order valence-electron chi connectivity index (χ3n) is 4.15. The van der Waals surface area contributed by atoms with Gasteiger partial charge in [0.2, 0.25) is 0 Å². The maximum Gasteiger partial charge on any atom is 0.360 e. The van der Waals surface area contributed by atoms with Crippen LogP contribution in [0.5, 0.6) is 0 Å². The van der Waals surface area contributed by atoms with Gasteiger partial charge in [0.1, 0.15) is 5.82 Å². The summed E-state index contributed by atoms with van der Waals surface area (Å²) < 4.78 is 20.0. The number of aryl methyl sites for hydroxylation is 1. The third-order valence-corrected chi connectivity index (χ3v) is 4.15. The molecule has 1 amide bonds. The number of carbonyl (C=O) groups is 2. The van der Waals surface area contributed by atoms with E-state index in [0.717, 1.165) is 4.68 Å². The van der Waals surface area contributed by atoms with Gasteiger partial charge < -0.3 is 10.1 Å². The second kappa shape index (κ2) is 7.99. The molecule has 8 heteroatoms. The third kappa shape index (κ3) is 3.75. The molecule has 0 saturated heterocycles. The molecule has 1 heterocycles. The van der Waals surface area contributed by atoms with E-state index in [1.165, 1.54) is 25.1 Å². The molecule has 0 fully saturated rings. The standard InChI is InChI=1S/C20H18FN3O4/c1-3-24-19(26)14-9-5-4-8-13(14)17(23-24)20(27)28-12(2)18(25)22-16-11-7-6-10-15(16)21/h4-12H,3H2,1-2H3,(H,22,25). The van der Waals surface area contributed by atoms with Crippen molar-refractivity contribution in [3.8, 4) is 0 Å². The summed E-state index contributed by atoms with van der Waals surface area (Å²) in [5.74, 6) is -2.14. The first-order chi connectivity index (χ1) is 13.4. The molecule has 3 aromatic rings.